The van der Waals surface area contributed by atoms with E-state index in [1.807, 2.05) is 6.92 Å². The van der Waals surface area contributed by atoms with E-state index < -0.39 is 10.9 Å². The number of nitrogens with zero attached hydrogens (tertiary/aromatic N) is 1. The lowest BCUT2D eigenvalue weighted by Gasteiger charge is -2.07. The van der Waals surface area contributed by atoms with Crippen LogP contribution in [0.1, 0.15) is 12.5 Å². The zero-order valence-electron chi connectivity index (χ0n) is 9.63. The minimum atomic E-state index is -0.513. The van der Waals surface area contributed by atoms with Gasteiger partial charge in [0.2, 0.25) is 0 Å². The molecule has 0 aliphatic carbocycles. The van der Waals surface area contributed by atoms with E-state index in [1.165, 1.54) is 13.0 Å². The van der Waals surface area contributed by atoms with Crippen molar-refractivity contribution in [2.75, 3.05) is 13.2 Å². The molecule has 0 heterocycles. The summed E-state index contributed by atoms with van der Waals surface area (Å²) in [6.07, 6.45) is 0. The highest BCUT2D eigenvalue weighted by atomic mass is 16.6. The lowest BCUT2D eigenvalue weighted by molar-refractivity contribution is -0.385. The third-order valence-corrected chi connectivity index (χ3v) is 1.96. The fourth-order valence-electron chi connectivity index (χ4n) is 1.22. The number of carbonyl (C=O) groups excluding carboxylic acids is 1. The molecule has 6 heteroatoms. The van der Waals surface area contributed by atoms with Gasteiger partial charge in [0.1, 0.15) is 13.2 Å². The van der Waals surface area contributed by atoms with Crippen molar-refractivity contribution in [3.63, 3.8) is 0 Å². The molecule has 0 bridgehead atoms. The molecule has 0 saturated heterocycles. The lowest BCUT2D eigenvalue weighted by atomic mass is 10.2. The quantitative estimate of drug-likeness (QED) is 0.339. The maximum absolute atomic E-state index is 10.7. The second-order valence-corrected chi connectivity index (χ2v) is 3.42. The fourth-order valence-corrected chi connectivity index (χ4v) is 1.22. The molecule has 1 aromatic rings. The summed E-state index contributed by atoms with van der Waals surface area (Å²) in [6.45, 7) is 3.25. The summed E-state index contributed by atoms with van der Waals surface area (Å²) >= 11 is 0. The summed E-state index contributed by atoms with van der Waals surface area (Å²) in [7, 11) is 0. The second-order valence-electron chi connectivity index (χ2n) is 3.42. The minimum absolute atomic E-state index is 0.0699. The largest absolute Gasteiger partial charge is 0.483 e. The highest BCUT2D eigenvalue weighted by Crippen LogP contribution is 2.27. The summed E-state index contributed by atoms with van der Waals surface area (Å²) in [5.74, 6) is -0.227. The molecule has 0 radical (unpaired) electrons. The predicted octanol–water partition coefficient (Wildman–Crippen LogP) is 1.85. The van der Waals surface area contributed by atoms with Crippen LogP contribution in [0.3, 0.4) is 0 Å². The van der Waals surface area contributed by atoms with Crippen LogP contribution in [0, 0.1) is 17.0 Å². The molecule has 0 atom stereocenters. The molecule has 92 valence electrons. The Labute approximate surface area is 98.3 Å². The first-order chi connectivity index (χ1) is 8.00. The van der Waals surface area contributed by atoms with Crippen molar-refractivity contribution in [3.05, 3.63) is 33.9 Å². The molecule has 6 nitrogen and oxygen atoms in total. The van der Waals surface area contributed by atoms with Crippen LogP contribution in [-0.2, 0) is 9.53 Å². The fraction of sp³-hybridized carbons (Fsp3) is 0.364. The van der Waals surface area contributed by atoms with Gasteiger partial charge in [0, 0.05) is 13.0 Å². The van der Waals surface area contributed by atoms with Crippen molar-refractivity contribution in [2.24, 2.45) is 0 Å². The van der Waals surface area contributed by atoms with Gasteiger partial charge < -0.3 is 9.47 Å². The number of carbonyl (C=O) groups is 1. The van der Waals surface area contributed by atoms with E-state index in [2.05, 4.69) is 4.74 Å². The van der Waals surface area contributed by atoms with Crippen LogP contribution in [0.15, 0.2) is 18.2 Å². The Hall–Kier alpha value is -2.11. The van der Waals surface area contributed by atoms with Crippen molar-refractivity contribution in [2.45, 2.75) is 13.8 Å². The molecule has 1 aromatic carbocycles. The van der Waals surface area contributed by atoms with Gasteiger partial charge in [0.25, 0.3) is 0 Å². The molecule has 0 N–H and O–H groups in total. The SMILES string of the molecule is CC(=O)OCCOc1cc(C)ccc1[N+](=O)[O-]. The first-order valence-corrected chi connectivity index (χ1v) is 5.02. The Bertz CT molecular complexity index is 430. The average molecular weight is 239 g/mol. The first-order valence-electron chi connectivity index (χ1n) is 5.02. The molecular weight excluding hydrogens is 226 g/mol. The molecule has 0 fully saturated rings. The standard InChI is InChI=1S/C11H13NO5/c1-8-3-4-10(12(14)15)11(7-8)17-6-5-16-9(2)13/h3-4,7H,5-6H2,1-2H3. The number of nitro benzene ring substituents is 1. The first kappa shape index (κ1) is 13.0. The van der Waals surface area contributed by atoms with Gasteiger partial charge in [-0.2, -0.15) is 0 Å². The number of esters is 1. The summed E-state index contributed by atoms with van der Waals surface area (Å²) < 4.78 is 9.87. The van der Waals surface area contributed by atoms with Crippen molar-refractivity contribution in [3.8, 4) is 5.75 Å². The van der Waals surface area contributed by atoms with Crippen LogP contribution < -0.4 is 4.74 Å². The molecule has 0 amide bonds. The third kappa shape index (κ3) is 4.10. The number of aryl methyl sites for hydroxylation is 1. The zero-order chi connectivity index (χ0) is 12.8. The molecule has 0 aliphatic rings. The lowest BCUT2D eigenvalue weighted by Crippen LogP contribution is -2.10. The average Bonchev–Trinajstić information content (AvgIpc) is 2.23. The van der Waals surface area contributed by atoms with E-state index >= 15 is 0 Å². The number of benzene rings is 1. The smallest absolute Gasteiger partial charge is 0.310 e. The molecule has 0 aromatic heterocycles. The Morgan fingerprint density at radius 2 is 2.12 bits per heavy atom. The van der Waals surface area contributed by atoms with Crippen molar-refractivity contribution in [1.82, 2.24) is 0 Å². The Balaban J connectivity index is 2.65. The van der Waals surface area contributed by atoms with E-state index in [0.717, 1.165) is 5.56 Å². The number of ether oxygens (including phenoxy) is 2. The van der Waals surface area contributed by atoms with Gasteiger partial charge in [-0.25, -0.2) is 0 Å². The predicted molar refractivity (Wildman–Crippen MR) is 60.0 cm³/mol. The van der Waals surface area contributed by atoms with Gasteiger partial charge in [-0.05, 0) is 18.6 Å². The third-order valence-electron chi connectivity index (χ3n) is 1.96. The van der Waals surface area contributed by atoms with Crippen molar-refractivity contribution >= 4 is 11.7 Å². The molecule has 17 heavy (non-hydrogen) atoms. The highest BCUT2D eigenvalue weighted by molar-refractivity contribution is 5.65. The topological polar surface area (TPSA) is 78.7 Å². The summed E-state index contributed by atoms with van der Waals surface area (Å²) in [6, 6.07) is 4.60. The van der Waals surface area contributed by atoms with Gasteiger partial charge in [-0.15, -0.1) is 0 Å². The van der Waals surface area contributed by atoms with Gasteiger partial charge in [0.15, 0.2) is 5.75 Å². The maximum Gasteiger partial charge on any atom is 0.310 e. The minimum Gasteiger partial charge on any atom is -0.483 e. The van der Waals surface area contributed by atoms with Crippen LogP contribution in [0.2, 0.25) is 0 Å². The summed E-state index contributed by atoms with van der Waals surface area (Å²) in [4.78, 5) is 20.7. The van der Waals surface area contributed by atoms with Crippen LogP contribution in [0.4, 0.5) is 5.69 Å². The van der Waals surface area contributed by atoms with Crippen LogP contribution >= 0.6 is 0 Å². The summed E-state index contributed by atoms with van der Waals surface area (Å²) in [5, 5.41) is 10.7. The number of hydrogen-bond donors (Lipinski definition) is 0. The Morgan fingerprint density at radius 1 is 1.41 bits per heavy atom. The normalized spacial score (nSPS) is 9.76. The van der Waals surface area contributed by atoms with Gasteiger partial charge >= 0.3 is 11.7 Å². The zero-order valence-corrected chi connectivity index (χ0v) is 9.63. The molecular formula is C11H13NO5. The summed E-state index contributed by atoms with van der Waals surface area (Å²) in [5.41, 5.74) is 0.761. The van der Waals surface area contributed by atoms with Crippen LogP contribution in [0.25, 0.3) is 0 Å². The van der Waals surface area contributed by atoms with E-state index in [1.54, 1.807) is 12.1 Å². The van der Waals surface area contributed by atoms with Gasteiger partial charge in [0.05, 0.1) is 4.92 Å². The molecule has 0 aliphatic heterocycles. The van der Waals surface area contributed by atoms with E-state index in [0.29, 0.717) is 0 Å². The van der Waals surface area contributed by atoms with E-state index in [4.69, 9.17) is 4.74 Å². The van der Waals surface area contributed by atoms with Crippen LogP contribution in [0.5, 0.6) is 5.75 Å². The van der Waals surface area contributed by atoms with Gasteiger partial charge in [-0.3, -0.25) is 14.9 Å². The van der Waals surface area contributed by atoms with Crippen molar-refractivity contribution < 1.29 is 19.2 Å². The van der Waals surface area contributed by atoms with E-state index in [-0.39, 0.29) is 24.7 Å². The molecule has 1 rings (SSSR count). The Kier molecular flexibility index (Phi) is 4.45. The molecule has 0 unspecified atom stereocenters. The second kappa shape index (κ2) is 5.83. The highest BCUT2D eigenvalue weighted by Gasteiger charge is 2.14. The van der Waals surface area contributed by atoms with Crippen LogP contribution in [-0.4, -0.2) is 24.1 Å². The number of rotatable bonds is 5. The molecule has 0 saturated carbocycles. The number of hydrogen-bond acceptors (Lipinski definition) is 5. The van der Waals surface area contributed by atoms with Gasteiger partial charge in [-0.1, -0.05) is 6.07 Å². The van der Waals surface area contributed by atoms with Crippen molar-refractivity contribution in [1.29, 1.82) is 0 Å². The monoisotopic (exact) mass is 239 g/mol. The van der Waals surface area contributed by atoms with E-state index in [9.17, 15) is 14.9 Å². The molecule has 0 spiro atoms. The Morgan fingerprint density at radius 3 is 2.71 bits per heavy atom. The maximum atomic E-state index is 10.7. The number of nitro groups is 1.